The van der Waals surface area contributed by atoms with Gasteiger partial charge >= 0.3 is 5.97 Å². The van der Waals surface area contributed by atoms with Crippen LogP contribution in [0.25, 0.3) is 0 Å². The smallest absolute Gasteiger partial charge is 0.328 e. The van der Waals surface area contributed by atoms with Crippen LogP contribution in [0.5, 0.6) is 5.75 Å². The molecule has 0 aromatic heterocycles. The summed E-state index contributed by atoms with van der Waals surface area (Å²) in [5.74, 6) is -1.73. The third kappa shape index (κ3) is 2.54. The molecule has 3 N–H and O–H groups in total. The number of carboxylic acids is 1. The highest BCUT2D eigenvalue weighted by Crippen LogP contribution is 2.11. The Morgan fingerprint density at radius 1 is 1.27 bits per heavy atom. The maximum absolute atomic E-state index is 11.6. The van der Waals surface area contributed by atoms with Gasteiger partial charge < -0.3 is 15.5 Å². The Morgan fingerprint density at radius 2 is 1.80 bits per heavy atom. The molecule has 1 aromatic carbocycles. The first-order valence-corrected chi connectivity index (χ1v) is 4.29. The number of hydrogen-bond acceptors (Lipinski definition) is 4. The molecule has 1 unspecified atom stereocenters. The summed E-state index contributed by atoms with van der Waals surface area (Å²) in [5, 5.41) is 20.1. The average Bonchev–Trinajstić information content (AvgIpc) is 2.19. The molecule has 0 fully saturated rings. The van der Waals surface area contributed by atoms with E-state index in [-0.39, 0.29) is 11.3 Å². The summed E-state index contributed by atoms with van der Waals surface area (Å²) in [4.78, 5) is 22.3. The molecule has 0 aliphatic carbocycles. The van der Waals surface area contributed by atoms with E-state index in [1.54, 1.807) is 0 Å². The quantitative estimate of drug-likeness (QED) is 0.488. The Kier molecular flexibility index (Phi) is 3.41. The van der Waals surface area contributed by atoms with Crippen LogP contribution in [-0.2, 0) is 4.79 Å². The topological polar surface area (TPSA) is 86.6 Å². The van der Waals surface area contributed by atoms with Gasteiger partial charge in [0.25, 0.3) is 0 Å². The second-order valence-corrected chi connectivity index (χ2v) is 2.97. The number of carbonyl (C=O) groups excluding carboxylic acids is 1. The van der Waals surface area contributed by atoms with Crippen molar-refractivity contribution >= 4 is 11.8 Å². The van der Waals surface area contributed by atoms with Crippen LogP contribution >= 0.6 is 0 Å². The van der Waals surface area contributed by atoms with Gasteiger partial charge in [-0.25, -0.2) is 0 Å². The van der Waals surface area contributed by atoms with E-state index in [4.69, 9.17) is 10.2 Å². The summed E-state index contributed by atoms with van der Waals surface area (Å²) in [6.07, 6.45) is 0. The van der Waals surface area contributed by atoms with Crippen LogP contribution in [0, 0.1) is 0 Å². The van der Waals surface area contributed by atoms with Crippen molar-refractivity contribution in [3.05, 3.63) is 29.8 Å². The fourth-order valence-electron chi connectivity index (χ4n) is 1.16. The van der Waals surface area contributed by atoms with E-state index in [2.05, 4.69) is 5.32 Å². The monoisotopic (exact) mass is 209 g/mol. The van der Waals surface area contributed by atoms with Gasteiger partial charge in [0, 0.05) is 5.56 Å². The first kappa shape index (κ1) is 11.2. The molecule has 0 radical (unpaired) electrons. The van der Waals surface area contributed by atoms with Crippen molar-refractivity contribution in [2.75, 3.05) is 7.05 Å². The van der Waals surface area contributed by atoms with Crippen LogP contribution in [0.15, 0.2) is 24.3 Å². The van der Waals surface area contributed by atoms with Crippen LogP contribution in [0.2, 0.25) is 0 Å². The number of phenolic OH excluding ortho intramolecular Hbond substituents is 1. The highest BCUT2D eigenvalue weighted by Gasteiger charge is 2.24. The second-order valence-electron chi connectivity index (χ2n) is 2.97. The lowest BCUT2D eigenvalue weighted by Crippen LogP contribution is -2.41. The largest absolute Gasteiger partial charge is 0.508 e. The number of aromatic hydroxyl groups is 1. The number of phenols is 1. The standard InChI is InChI=1S/C10H11NO4/c1-11-8(10(14)15)9(13)6-2-4-7(12)5-3-6/h2-5,8,11-12H,1H3,(H,14,15). The van der Waals surface area contributed by atoms with Crippen LogP contribution in [0.3, 0.4) is 0 Å². The molecular formula is C10H11NO4. The zero-order valence-electron chi connectivity index (χ0n) is 8.10. The van der Waals surface area contributed by atoms with Crippen molar-refractivity contribution in [2.45, 2.75) is 6.04 Å². The maximum atomic E-state index is 11.6. The van der Waals surface area contributed by atoms with E-state index in [0.29, 0.717) is 0 Å². The van der Waals surface area contributed by atoms with Crippen LogP contribution in [0.1, 0.15) is 10.4 Å². The number of Topliss-reactive ketones (excluding diaryl/α,β-unsaturated/α-hetero) is 1. The minimum Gasteiger partial charge on any atom is -0.508 e. The summed E-state index contributed by atoms with van der Waals surface area (Å²) < 4.78 is 0. The molecule has 80 valence electrons. The molecule has 0 saturated carbocycles. The van der Waals surface area contributed by atoms with Crippen molar-refractivity contribution in [3.63, 3.8) is 0 Å². The zero-order chi connectivity index (χ0) is 11.4. The molecule has 0 saturated heterocycles. The van der Waals surface area contributed by atoms with Gasteiger partial charge in [0.1, 0.15) is 5.75 Å². The fourth-order valence-corrected chi connectivity index (χ4v) is 1.16. The number of benzene rings is 1. The summed E-state index contributed by atoms with van der Waals surface area (Å²) in [5.41, 5.74) is 0.245. The van der Waals surface area contributed by atoms with Crippen LogP contribution in [-0.4, -0.2) is 35.1 Å². The van der Waals surface area contributed by atoms with E-state index in [9.17, 15) is 9.59 Å². The average molecular weight is 209 g/mol. The number of hydrogen-bond donors (Lipinski definition) is 3. The summed E-state index contributed by atoms with van der Waals surface area (Å²) in [6, 6.07) is 4.18. The van der Waals surface area contributed by atoms with Crippen LogP contribution in [0.4, 0.5) is 0 Å². The molecule has 1 aromatic rings. The van der Waals surface area contributed by atoms with Crippen molar-refractivity contribution in [2.24, 2.45) is 0 Å². The van der Waals surface area contributed by atoms with E-state index in [0.717, 1.165) is 0 Å². The molecule has 0 spiro atoms. The fraction of sp³-hybridized carbons (Fsp3) is 0.200. The number of carbonyl (C=O) groups is 2. The lowest BCUT2D eigenvalue weighted by molar-refractivity contribution is -0.137. The second kappa shape index (κ2) is 4.56. The Labute approximate surface area is 86.4 Å². The van der Waals surface area contributed by atoms with E-state index in [1.807, 2.05) is 0 Å². The summed E-state index contributed by atoms with van der Waals surface area (Å²) in [6.45, 7) is 0. The molecule has 0 bridgehead atoms. The SMILES string of the molecule is CNC(C(=O)O)C(=O)c1ccc(O)cc1. The number of likely N-dealkylation sites (N-methyl/N-ethyl adjacent to an activating group) is 1. The summed E-state index contributed by atoms with van der Waals surface area (Å²) >= 11 is 0. The first-order valence-electron chi connectivity index (χ1n) is 4.29. The van der Waals surface area contributed by atoms with E-state index in [1.165, 1.54) is 31.3 Å². The minimum absolute atomic E-state index is 0.0304. The maximum Gasteiger partial charge on any atom is 0.328 e. The Bertz CT molecular complexity index is 372. The number of carboxylic acid groups (broad SMARTS) is 1. The molecule has 5 heteroatoms. The molecule has 0 amide bonds. The number of ketones is 1. The van der Waals surface area contributed by atoms with Gasteiger partial charge in [-0.05, 0) is 31.3 Å². The number of rotatable bonds is 4. The molecule has 5 nitrogen and oxygen atoms in total. The van der Waals surface area contributed by atoms with Crippen molar-refractivity contribution in [3.8, 4) is 5.75 Å². The van der Waals surface area contributed by atoms with Crippen LogP contribution < -0.4 is 5.32 Å². The third-order valence-electron chi connectivity index (χ3n) is 1.95. The Balaban J connectivity index is 2.93. The van der Waals surface area contributed by atoms with Gasteiger partial charge in [0.15, 0.2) is 11.8 Å². The molecule has 1 atom stereocenters. The highest BCUT2D eigenvalue weighted by molar-refractivity contribution is 6.11. The predicted molar refractivity (Wildman–Crippen MR) is 52.9 cm³/mol. The van der Waals surface area contributed by atoms with E-state index >= 15 is 0 Å². The van der Waals surface area contributed by atoms with Gasteiger partial charge in [-0.1, -0.05) is 0 Å². The van der Waals surface area contributed by atoms with Gasteiger partial charge in [-0.2, -0.15) is 0 Å². The molecule has 15 heavy (non-hydrogen) atoms. The Hall–Kier alpha value is -1.88. The van der Waals surface area contributed by atoms with Crippen molar-refractivity contribution in [1.82, 2.24) is 5.32 Å². The lowest BCUT2D eigenvalue weighted by Gasteiger charge is -2.09. The lowest BCUT2D eigenvalue weighted by atomic mass is 10.0. The van der Waals surface area contributed by atoms with Crippen molar-refractivity contribution < 1.29 is 19.8 Å². The van der Waals surface area contributed by atoms with Gasteiger partial charge in [0.2, 0.25) is 0 Å². The molecular weight excluding hydrogens is 198 g/mol. The molecule has 0 aliphatic heterocycles. The third-order valence-corrected chi connectivity index (χ3v) is 1.95. The molecule has 1 rings (SSSR count). The minimum atomic E-state index is -1.26. The number of aliphatic carboxylic acids is 1. The zero-order valence-corrected chi connectivity index (χ0v) is 8.10. The van der Waals surface area contributed by atoms with Gasteiger partial charge in [-0.15, -0.1) is 0 Å². The van der Waals surface area contributed by atoms with Gasteiger partial charge in [0.05, 0.1) is 0 Å². The summed E-state index contributed by atoms with van der Waals surface area (Å²) in [7, 11) is 1.40. The van der Waals surface area contributed by atoms with E-state index < -0.39 is 17.8 Å². The van der Waals surface area contributed by atoms with Gasteiger partial charge in [-0.3, -0.25) is 9.59 Å². The normalized spacial score (nSPS) is 12.1. The van der Waals surface area contributed by atoms with Crippen molar-refractivity contribution in [1.29, 1.82) is 0 Å². The Morgan fingerprint density at radius 3 is 2.20 bits per heavy atom. The predicted octanol–water partition coefficient (Wildman–Crippen LogP) is 0.247. The number of nitrogens with one attached hydrogen (secondary N) is 1. The first-order chi connectivity index (χ1) is 7.06. The highest BCUT2D eigenvalue weighted by atomic mass is 16.4. The molecule has 0 heterocycles. The molecule has 0 aliphatic rings.